The van der Waals surface area contributed by atoms with E-state index in [4.69, 9.17) is 0 Å². The standard InChI is InChI=1S/C18H25N3/c1-21(17-7-3-2-4-8-17)13-11-15-6-5-12-18(15,14-19)20-16-9-10-16/h2-4,7-8,15-16,20H,5-6,9-13H2,1H3. The van der Waals surface area contributed by atoms with Crippen LogP contribution in [0.1, 0.15) is 38.5 Å². The summed E-state index contributed by atoms with van der Waals surface area (Å²) in [5.74, 6) is 0.495. The highest BCUT2D eigenvalue weighted by Gasteiger charge is 2.45. The fourth-order valence-corrected chi connectivity index (χ4v) is 3.59. The number of anilines is 1. The van der Waals surface area contributed by atoms with E-state index in [0.717, 1.165) is 19.4 Å². The number of hydrogen-bond acceptors (Lipinski definition) is 3. The zero-order valence-electron chi connectivity index (χ0n) is 12.9. The molecule has 2 unspecified atom stereocenters. The molecule has 21 heavy (non-hydrogen) atoms. The lowest BCUT2D eigenvalue weighted by atomic mass is 9.85. The van der Waals surface area contributed by atoms with Crippen molar-refractivity contribution < 1.29 is 0 Å². The Morgan fingerprint density at radius 3 is 2.71 bits per heavy atom. The summed E-state index contributed by atoms with van der Waals surface area (Å²) in [7, 11) is 2.15. The monoisotopic (exact) mass is 283 g/mol. The molecule has 1 aromatic carbocycles. The Kier molecular flexibility index (Phi) is 4.17. The Morgan fingerprint density at radius 1 is 1.29 bits per heavy atom. The van der Waals surface area contributed by atoms with Gasteiger partial charge in [-0.05, 0) is 50.2 Å². The lowest BCUT2D eigenvalue weighted by Gasteiger charge is -2.31. The molecule has 0 aromatic heterocycles. The molecule has 0 spiro atoms. The zero-order valence-corrected chi connectivity index (χ0v) is 12.9. The van der Waals surface area contributed by atoms with Crippen LogP contribution in [0.25, 0.3) is 0 Å². The van der Waals surface area contributed by atoms with Crippen molar-refractivity contribution in [1.29, 1.82) is 5.26 Å². The summed E-state index contributed by atoms with van der Waals surface area (Å²) in [5, 5.41) is 13.4. The van der Waals surface area contributed by atoms with E-state index in [-0.39, 0.29) is 5.54 Å². The fraction of sp³-hybridized carbons (Fsp3) is 0.611. The second-order valence-electron chi connectivity index (χ2n) is 6.64. The van der Waals surface area contributed by atoms with Crippen molar-refractivity contribution in [2.24, 2.45) is 5.92 Å². The van der Waals surface area contributed by atoms with Crippen LogP contribution in [0, 0.1) is 17.2 Å². The van der Waals surface area contributed by atoms with E-state index in [1.165, 1.54) is 31.4 Å². The molecule has 0 radical (unpaired) electrons. The Bertz CT molecular complexity index is 503. The van der Waals surface area contributed by atoms with Gasteiger partial charge in [0, 0.05) is 25.3 Å². The van der Waals surface area contributed by atoms with Crippen molar-refractivity contribution in [3.05, 3.63) is 30.3 Å². The molecule has 112 valence electrons. The normalized spacial score (nSPS) is 28.3. The number of nitriles is 1. The van der Waals surface area contributed by atoms with Gasteiger partial charge in [0.25, 0.3) is 0 Å². The van der Waals surface area contributed by atoms with E-state index in [1.54, 1.807) is 0 Å². The summed E-state index contributed by atoms with van der Waals surface area (Å²) in [6, 6.07) is 13.7. The maximum absolute atomic E-state index is 9.72. The molecule has 2 aliphatic carbocycles. The van der Waals surface area contributed by atoms with Crippen molar-refractivity contribution in [2.75, 3.05) is 18.5 Å². The molecule has 0 amide bonds. The summed E-state index contributed by atoms with van der Waals surface area (Å²) < 4.78 is 0. The lowest BCUT2D eigenvalue weighted by Crippen LogP contribution is -2.48. The molecule has 0 saturated heterocycles. The van der Waals surface area contributed by atoms with E-state index in [1.807, 2.05) is 0 Å². The number of hydrogen-bond donors (Lipinski definition) is 1. The highest BCUT2D eigenvalue weighted by Crippen LogP contribution is 2.40. The van der Waals surface area contributed by atoms with Crippen molar-refractivity contribution in [3.8, 4) is 6.07 Å². The largest absolute Gasteiger partial charge is 0.375 e. The molecule has 1 aromatic rings. The molecule has 2 fully saturated rings. The Balaban J connectivity index is 1.59. The van der Waals surface area contributed by atoms with Crippen LogP contribution < -0.4 is 10.2 Å². The molecule has 3 nitrogen and oxygen atoms in total. The Labute approximate surface area is 128 Å². The van der Waals surface area contributed by atoms with Crippen LogP contribution in [0.4, 0.5) is 5.69 Å². The van der Waals surface area contributed by atoms with Crippen molar-refractivity contribution in [3.63, 3.8) is 0 Å². The highest BCUT2D eigenvalue weighted by atomic mass is 15.1. The quantitative estimate of drug-likeness (QED) is 0.870. The van der Waals surface area contributed by atoms with E-state index in [2.05, 4.69) is 53.7 Å². The van der Waals surface area contributed by atoms with E-state index < -0.39 is 0 Å². The number of nitrogens with zero attached hydrogens (tertiary/aromatic N) is 2. The third kappa shape index (κ3) is 3.22. The average Bonchev–Trinajstić information content (AvgIpc) is 3.25. The first kappa shape index (κ1) is 14.4. The average molecular weight is 283 g/mol. The van der Waals surface area contributed by atoms with Crippen LogP contribution in [0.5, 0.6) is 0 Å². The lowest BCUT2D eigenvalue weighted by molar-refractivity contribution is 0.300. The van der Waals surface area contributed by atoms with Crippen molar-refractivity contribution in [2.45, 2.75) is 50.1 Å². The first-order chi connectivity index (χ1) is 10.2. The second kappa shape index (κ2) is 6.07. The minimum Gasteiger partial charge on any atom is -0.375 e. The van der Waals surface area contributed by atoms with Gasteiger partial charge < -0.3 is 4.90 Å². The number of nitrogens with one attached hydrogen (secondary N) is 1. The summed E-state index contributed by atoms with van der Waals surface area (Å²) in [4.78, 5) is 2.30. The first-order valence-corrected chi connectivity index (χ1v) is 8.19. The van der Waals surface area contributed by atoms with E-state index in [0.29, 0.717) is 12.0 Å². The summed E-state index contributed by atoms with van der Waals surface area (Å²) >= 11 is 0. The third-order valence-corrected chi connectivity index (χ3v) is 5.07. The molecular weight excluding hydrogens is 258 g/mol. The minimum atomic E-state index is -0.251. The number of benzene rings is 1. The van der Waals surface area contributed by atoms with Gasteiger partial charge in [-0.2, -0.15) is 5.26 Å². The molecule has 2 atom stereocenters. The van der Waals surface area contributed by atoms with Crippen LogP contribution in [-0.4, -0.2) is 25.2 Å². The van der Waals surface area contributed by atoms with Crippen molar-refractivity contribution >= 4 is 5.69 Å². The molecule has 0 aliphatic heterocycles. The molecule has 0 bridgehead atoms. The van der Waals surface area contributed by atoms with Gasteiger partial charge in [0.2, 0.25) is 0 Å². The fourth-order valence-electron chi connectivity index (χ4n) is 3.59. The van der Waals surface area contributed by atoms with E-state index in [9.17, 15) is 5.26 Å². The maximum atomic E-state index is 9.72. The summed E-state index contributed by atoms with van der Waals surface area (Å²) in [5.41, 5.74) is 1.01. The van der Waals surface area contributed by atoms with Gasteiger partial charge in [-0.15, -0.1) is 0 Å². The SMILES string of the molecule is CN(CCC1CCCC1(C#N)NC1CC1)c1ccccc1. The van der Waals surface area contributed by atoms with Gasteiger partial charge in [0.05, 0.1) is 6.07 Å². The summed E-state index contributed by atoms with van der Waals surface area (Å²) in [6.07, 6.45) is 7.00. The summed E-state index contributed by atoms with van der Waals surface area (Å²) in [6.45, 7) is 1.02. The minimum absolute atomic E-state index is 0.251. The molecular formula is C18H25N3. The molecule has 3 rings (SSSR count). The van der Waals surface area contributed by atoms with Gasteiger partial charge >= 0.3 is 0 Å². The van der Waals surface area contributed by atoms with Gasteiger partial charge in [0.15, 0.2) is 0 Å². The Hall–Kier alpha value is -1.53. The van der Waals surface area contributed by atoms with Gasteiger partial charge in [-0.3, -0.25) is 5.32 Å². The predicted molar refractivity (Wildman–Crippen MR) is 86.2 cm³/mol. The Morgan fingerprint density at radius 2 is 2.05 bits per heavy atom. The van der Waals surface area contributed by atoms with Crippen LogP contribution in [0.3, 0.4) is 0 Å². The molecule has 2 saturated carbocycles. The van der Waals surface area contributed by atoms with Gasteiger partial charge in [-0.25, -0.2) is 0 Å². The second-order valence-corrected chi connectivity index (χ2v) is 6.64. The van der Waals surface area contributed by atoms with Crippen LogP contribution >= 0.6 is 0 Å². The van der Waals surface area contributed by atoms with Crippen molar-refractivity contribution in [1.82, 2.24) is 5.32 Å². The van der Waals surface area contributed by atoms with Gasteiger partial charge in [0.1, 0.15) is 5.54 Å². The molecule has 3 heteroatoms. The number of para-hydroxylation sites is 1. The van der Waals surface area contributed by atoms with Gasteiger partial charge in [-0.1, -0.05) is 24.6 Å². The molecule has 2 aliphatic rings. The highest BCUT2D eigenvalue weighted by molar-refractivity contribution is 5.44. The van der Waals surface area contributed by atoms with Crippen LogP contribution in [0.15, 0.2) is 30.3 Å². The zero-order chi connectivity index (χ0) is 14.7. The number of rotatable bonds is 6. The smallest absolute Gasteiger partial charge is 0.109 e. The molecule has 0 heterocycles. The third-order valence-electron chi connectivity index (χ3n) is 5.07. The van der Waals surface area contributed by atoms with Crippen LogP contribution in [-0.2, 0) is 0 Å². The first-order valence-electron chi connectivity index (χ1n) is 8.19. The predicted octanol–water partition coefficient (Wildman–Crippen LogP) is 3.33. The topological polar surface area (TPSA) is 39.1 Å². The van der Waals surface area contributed by atoms with E-state index >= 15 is 0 Å². The van der Waals surface area contributed by atoms with Crippen LogP contribution in [0.2, 0.25) is 0 Å². The molecule has 1 N–H and O–H groups in total. The maximum Gasteiger partial charge on any atom is 0.109 e.